The summed E-state index contributed by atoms with van der Waals surface area (Å²) in [6, 6.07) is 25.4. The van der Waals surface area contributed by atoms with Crippen LogP contribution < -0.4 is 22.6 Å². The van der Waals surface area contributed by atoms with Crippen LogP contribution in [0.1, 0.15) is 95.2 Å². The number of amides is 1. The molecule has 3 heterocycles. The van der Waals surface area contributed by atoms with Crippen LogP contribution in [0.15, 0.2) is 120 Å². The molecule has 0 fully saturated rings. The van der Waals surface area contributed by atoms with Gasteiger partial charge < -0.3 is 22.6 Å². The van der Waals surface area contributed by atoms with Gasteiger partial charge in [0.05, 0.1) is 5.41 Å². The van der Waals surface area contributed by atoms with Crippen LogP contribution in [0.25, 0.3) is 11.4 Å². The molecule has 290 valence electrons. The standard InChI is InChI=1S/C47H53N7O.ClH/c1-33-49-51-45(52-50-33)37-26-22-36(23-27-37)32-48-44(55)21-8-7-13-30-54-41-20-12-10-18-39(41)47(4,5)43(54)29-25-35-16-14-15-34(31-35)24-28-42-46(2,3)38-17-9-11-19-40(38)53(42)6;/h9-12,17-20,22-29,31H,7-8,13-16,21,30,32H2,1-6H3;1H. The van der Waals surface area contributed by atoms with E-state index in [2.05, 4.69) is 149 Å². The van der Waals surface area contributed by atoms with Gasteiger partial charge in [0.1, 0.15) is 7.05 Å². The van der Waals surface area contributed by atoms with E-state index in [0.717, 1.165) is 56.2 Å². The van der Waals surface area contributed by atoms with E-state index >= 15 is 0 Å². The molecule has 0 atom stereocenters. The highest BCUT2D eigenvalue weighted by molar-refractivity contribution is 6.03. The molecule has 0 spiro atoms. The largest absolute Gasteiger partial charge is 1.00 e. The molecule has 9 heteroatoms. The van der Waals surface area contributed by atoms with Crippen LogP contribution in [0, 0.1) is 6.92 Å². The van der Waals surface area contributed by atoms with Crippen molar-refractivity contribution in [2.45, 2.75) is 96.9 Å². The number of fused-ring (bicyclic) bond motifs is 2. The summed E-state index contributed by atoms with van der Waals surface area (Å²) >= 11 is 0. The molecular formula is C47H54ClN7O. The second kappa shape index (κ2) is 17.3. The molecule has 1 aromatic heterocycles. The smallest absolute Gasteiger partial charge is 0.220 e. The molecule has 4 aromatic rings. The molecule has 0 saturated carbocycles. The highest BCUT2D eigenvalue weighted by atomic mass is 35.5. The molecule has 0 bridgehead atoms. The van der Waals surface area contributed by atoms with Crippen molar-refractivity contribution in [3.63, 3.8) is 0 Å². The van der Waals surface area contributed by atoms with E-state index in [1.165, 1.54) is 45.1 Å². The zero-order valence-electron chi connectivity index (χ0n) is 33.6. The van der Waals surface area contributed by atoms with E-state index in [-0.39, 0.29) is 29.1 Å². The zero-order valence-corrected chi connectivity index (χ0v) is 34.4. The molecule has 0 radical (unpaired) electrons. The van der Waals surface area contributed by atoms with E-state index in [9.17, 15) is 4.79 Å². The molecular weight excluding hydrogens is 714 g/mol. The summed E-state index contributed by atoms with van der Waals surface area (Å²) < 4.78 is 2.35. The van der Waals surface area contributed by atoms with Gasteiger partial charge in [0.2, 0.25) is 17.4 Å². The molecule has 3 aromatic carbocycles. The number of nitrogens with zero attached hydrogens (tertiary/aromatic N) is 6. The van der Waals surface area contributed by atoms with Crippen molar-refractivity contribution in [2.24, 2.45) is 0 Å². The minimum absolute atomic E-state index is 0. The van der Waals surface area contributed by atoms with Crippen molar-refractivity contribution < 1.29 is 21.8 Å². The maximum absolute atomic E-state index is 12.7. The summed E-state index contributed by atoms with van der Waals surface area (Å²) in [6.07, 6.45) is 18.6. The Kier molecular flexibility index (Phi) is 12.5. The summed E-state index contributed by atoms with van der Waals surface area (Å²) in [4.78, 5) is 15.2. The minimum Gasteiger partial charge on any atom is -1.00 e. The number of carbonyl (C=O) groups is 1. The number of nitrogens with one attached hydrogen (secondary N) is 1. The van der Waals surface area contributed by atoms with Gasteiger partial charge in [-0.25, -0.2) is 0 Å². The Balaban J connectivity index is 0.00000532. The first-order valence-electron chi connectivity index (χ1n) is 19.8. The van der Waals surface area contributed by atoms with Gasteiger partial charge in [-0.15, -0.1) is 20.4 Å². The quantitative estimate of drug-likeness (QED) is 0.133. The lowest BCUT2D eigenvalue weighted by Crippen LogP contribution is -3.00. The Morgan fingerprint density at radius 3 is 2.29 bits per heavy atom. The summed E-state index contributed by atoms with van der Waals surface area (Å²) in [6.45, 7) is 12.5. The second-order valence-electron chi connectivity index (χ2n) is 16.1. The summed E-state index contributed by atoms with van der Waals surface area (Å²) in [7, 11) is 2.19. The Bertz CT molecular complexity index is 2210. The number of unbranched alkanes of at least 4 members (excludes halogenated alkanes) is 2. The van der Waals surface area contributed by atoms with Crippen molar-refractivity contribution in [1.82, 2.24) is 25.7 Å². The Morgan fingerprint density at radius 2 is 1.54 bits per heavy atom. The number of anilines is 1. The molecule has 3 aliphatic rings. The minimum atomic E-state index is -0.0991. The number of benzene rings is 3. The number of aryl methyl sites for hydroxylation is 1. The van der Waals surface area contributed by atoms with Gasteiger partial charge in [-0.05, 0) is 87.3 Å². The van der Waals surface area contributed by atoms with Gasteiger partial charge in [-0.2, -0.15) is 4.58 Å². The maximum atomic E-state index is 12.7. The second-order valence-corrected chi connectivity index (χ2v) is 16.1. The average molecular weight is 768 g/mol. The van der Waals surface area contributed by atoms with Gasteiger partial charge in [0.25, 0.3) is 0 Å². The van der Waals surface area contributed by atoms with Gasteiger partial charge >= 0.3 is 0 Å². The third kappa shape index (κ3) is 8.61. The third-order valence-electron chi connectivity index (χ3n) is 11.5. The molecule has 0 unspecified atom stereocenters. The molecule has 2 aliphatic heterocycles. The molecule has 1 N–H and O–H groups in total. The van der Waals surface area contributed by atoms with Crippen LogP contribution in [0.2, 0.25) is 0 Å². The summed E-state index contributed by atoms with van der Waals surface area (Å²) in [5, 5.41) is 19.2. The molecule has 1 aliphatic carbocycles. The van der Waals surface area contributed by atoms with Crippen LogP contribution in [-0.4, -0.2) is 50.2 Å². The Morgan fingerprint density at radius 1 is 0.821 bits per heavy atom. The highest BCUT2D eigenvalue weighted by Gasteiger charge is 2.42. The molecule has 1 amide bonds. The third-order valence-corrected chi connectivity index (χ3v) is 11.5. The van der Waals surface area contributed by atoms with E-state index in [4.69, 9.17) is 0 Å². The Labute approximate surface area is 338 Å². The number of carbonyl (C=O) groups excluding carboxylic acids is 1. The van der Waals surface area contributed by atoms with Gasteiger partial charge in [0, 0.05) is 59.6 Å². The van der Waals surface area contributed by atoms with Gasteiger partial charge in [0.15, 0.2) is 11.5 Å². The van der Waals surface area contributed by atoms with Gasteiger partial charge in [-0.1, -0.05) is 99.2 Å². The number of para-hydroxylation sites is 2. The Hall–Kier alpha value is -5.21. The molecule has 56 heavy (non-hydrogen) atoms. The van der Waals surface area contributed by atoms with Crippen LogP contribution in [-0.2, 0) is 22.2 Å². The van der Waals surface area contributed by atoms with Crippen molar-refractivity contribution in [3.05, 3.63) is 143 Å². The molecule has 0 saturated heterocycles. The van der Waals surface area contributed by atoms with Crippen LogP contribution in [0.4, 0.5) is 11.4 Å². The van der Waals surface area contributed by atoms with Crippen molar-refractivity contribution >= 4 is 23.0 Å². The van der Waals surface area contributed by atoms with E-state index in [0.29, 0.717) is 24.6 Å². The lowest BCUT2D eigenvalue weighted by Gasteiger charge is -2.27. The van der Waals surface area contributed by atoms with Crippen molar-refractivity contribution in [1.29, 1.82) is 0 Å². The van der Waals surface area contributed by atoms with Crippen LogP contribution >= 0.6 is 0 Å². The number of hydrogen-bond acceptors (Lipinski definition) is 6. The van der Waals surface area contributed by atoms with E-state index < -0.39 is 0 Å². The summed E-state index contributed by atoms with van der Waals surface area (Å²) in [5.41, 5.74) is 12.5. The first-order chi connectivity index (χ1) is 26.5. The highest BCUT2D eigenvalue weighted by Crippen LogP contribution is 2.48. The summed E-state index contributed by atoms with van der Waals surface area (Å²) in [5.74, 6) is 1.11. The predicted octanol–water partition coefficient (Wildman–Crippen LogP) is 6.40. The first kappa shape index (κ1) is 40.5. The number of aromatic nitrogens is 4. The number of halogens is 1. The number of allylic oxidation sites excluding steroid dienone is 8. The monoisotopic (exact) mass is 767 g/mol. The normalized spacial score (nSPS) is 18.2. The fourth-order valence-corrected chi connectivity index (χ4v) is 8.39. The van der Waals surface area contributed by atoms with Crippen LogP contribution in [0.3, 0.4) is 0 Å². The topological polar surface area (TPSA) is 86.9 Å². The fraction of sp³-hybridized carbons (Fsp3) is 0.362. The van der Waals surface area contributed by atoms with Crippen molar-refractivity contribution in [3.8, 4) is 11.4 Å². The van der Waals surface area contributed by atoms with Gasteiger partial charge in [-0.3, -0.25) is 4.79 Å². The van der Waals surface area contributed by atoms with E-state index in [1.54, 1.807) is 6.92 Å². The fourth-order valence-electron chi connectivity index (χ4n) is 8.39. The van der Waals surface area contributed by atoms with Crippen LogP contribution in [0.5, 0.6) is 0 Å². The van der Waals surface area contributed by atoms with Crippen molar-refractivity contribution in [2.75, 3.05) is 18.5 Å². The average Bonchev–Trinajstić information content (AvgIpc) is 3.53. The predicted molar refractivity (Wildman–Crippen MR) is 222 cm³/mol. The lowest BCUT2D eigenvalue weighted by molar-refractivity contribution is -0.401. The molecule has 7 rings (SSSR count). The SMILES string of the molecule is Cc1nnc(-c2ccc(CNC(=O)CCCCCN3C(=CC=C4C=C(C=CC5=[N+](C)c6ccccc6C5(C)C)CCC4)C(C)(C)c4ccccc43)cc2)nn1.[Cl-]. The van der Waals surface area contributed by atoms with E-state index in [1.807, 2.05) is 24.3 Å². The maximum Gasteiger partial charge on any atom is 0.220 e. The lowest BCUT2D eigenvalue weighted by atomic mass is 9.81. The number of rotatable bonds is 12. The molecule has 8 nitrogen and oxygen atoms in total. The number of hydrogen-bond donors (Lipinski definition) is 1. The zero-order chi connectivity index (χ0) is 38.6. The first-order valence-corrected chi connectivity index (χ1v) is 19.8.